The molecule has 0 atom stereocenters. The van der Waals surface area contributed by atoms with Crippen LogP contribution in [0.5, 0.6) is 0 Å². The van der Waals surface area contributed by atoms with E-state index in [2.05, 4.69) is 180 Å². The van der Waals surface area contributed by atoms with Gasteiger partial charge in [-0.05, 0) is 140 Å². The molecule has 0 N–H and O–H groups in total. The third-order valence-corrected chi connectivity index (χ3v) is 11.5. The van der Waals surface area contributed by atoms with Crippen LogP contribution in [0.1, 0.15) is 5.56 Å². The molecular formula is C57H39F3N2. The molecule has 0 aliphatic heterocycles. The Kier molecular flexibility index (Phi) is 10.1. The number of hydrogen-bond donors (Lipinski definition) is 0. The molecule has 0 heterocycles. The molecule has 0 spiro atoms. The van der Waals surface area contributed by atoms with Gasteiger partial charge >= 0.3 is 6.18 Å². The SMILES string of the molecule is FC(F)(F)c1ccc(-c2c3ccccc3c(-c3ccc(N(c4ccccc4)c4ccc(-c5ccc(N(c6ccccc6)c6ccccc6)cc5)cc4)cc3)c3ccccc23)cc1. The van der Waals surface area contributed by atoms with Crippen molar-refractivity contribution in [1.29, 1.82) is 0 Å². The van der Waals surface area contributed by atoms with E-state index in [1.54, 1.807) is 12.1 Å². The predicted octanol–water partition coefficient (Wildman–Crippen LogP) is 17.0. The Bertz CT molecular complexity index is 3020. The Morgan fingerprint density at radius 3 is 0.774 bits per heavy atom. The number of fused-ring (bicyclic) bond motifs is 2. The highest BCUT2D eigenvalue weighted by Gasteiger charge is 2.30. The van der Waals surface area contributed by atoms with Crippen LogP contribution in [0.3, 0.4) is 0 Å². The molecule has 0 saturated carbocycles. The second kappa shape index (κ2) is 16.3. The number of para-hydroxylation sites is 3. The van der Waals surface area contributed by atoms with Crippen LogP contribution in [0.4, 0.5) is 47.3 Å². The standard InChI is InChI=1S/C57H39F3N2/c58-57(59,60)44-32-24-42(25-33-44)55-51-20-10-12-22-53(51)56(54-23-13-11-21-52(54)55)43-30-38-50(39-31-43)62(47-18-8-3-9-19-47)49-36-28-41(29-37-49)40-26-34-48(35-27-40)61(45-14-4-1-5-15-45)46-16-6-2-7-17-46/h1-39H. The Balaban J connectivity index is 0.993. The molecule has 0 aliphatic carbocycles. The largest absolute Gasteiger partial charge is 0.416 e. The van der Waals surface area contributed by atoms with E-state index < -0.39 is 11.7 Å². The summed E-state index contributed by atoms with van der Waals surface area (Å²) in [6.45, 7) is 0. The van der Waals surface area contributed by atoms with Crippen LogP contribution in [-0.4, -0.2) is 0 Å². The Morgan fingerprint density at radius 2 is 0.484 bits per heavy atom. The van der Waals surface area contributed by atoms with E-state index in [4.69, 9.17) is 0 Å². The van der Waals surface area contributed by atoms with Crippen molar-refractivity contribution in [1.82, 2.24) is 0 Å². The van der Waals surface area contributed by atoms with Crippen LogP contribution >= 0.6 is 0 Å². The third kappa shape index (κ3) is 7.35. The van der Waals surface area contributed by atoms with Gasteiger partial charge in [0, 0.05) is 34.1 Å². The first-order chi connectivity index (χ1) is 30.4. The molecule has 10 rings (SSSR count). The van der Waals surface area contributed by atoms with Gasteiger partial charge in [-0.3, -0.25) is 0 Å². The summed E-state index contributed by atoms with van der Waals surface area (Å²) in [5, 5.41) is 4.03. The van der Waals surface area contributed by atoms with Gasteiger partial charge in [0.15, 0.2) is 0 Å². The number of benzene rings is 10. The van der Waals surface area contributed by atoms with E-state index >= 15 is 0 Å². The molecule has 10 aromatic carbocycles. The number of anilines is 6. The van der Waals surface area contributed by atoms with Crippen molar-refractivity contribution >= 4 is 55.7 Å². The van der Waals surface area contributed by atoms with Crippen LogP contribution in [0, 0.1) is 0 Å². The van der Waals surface area contributed by atoms with Gasteiger partial charge in [0.1, 0.15) is 0 Å². The molecule has 62 heavy (non-hydrogen) atoms. The lowest BCUT2D eigenvalue weighted by molar-refractivity contribution is -0.137. The number of halogens is 3. The smallest absolute Gasteiger partial charge is 0.311 e. The Hall–Kier alpha value is -7.89. The summed E-state index contributed by atoms with van der Waals surface area (Å²) in [6, 6.07) is 79.1. The first-order valence-electron chi connectivity index (χ1n) is 20.6. The molecule has 298 valence electrons. The fourth-order valence-corrected chi connectivity index (χ4v) is 8.58. The highest BCUT2D eigenvalue weighted by atomic mass is 19.4. The fourth-order valence-electron chi connectivity index (χ4n) is 8.58. The van der Waals surface area contributed by atoms with Crippen LogP contribution in [0.15, 0.2) is 237 Å². The molecular weight excluding hydrogens is 770 g/mol. The average molecular weight is 809 g/mol. The maximum atomic E-state index is 13.5. The van der Waals surface area contributed by atoms with E-state index in [0.717, 1.165) is 89.0 Å². The van der Waals surface area contributed by atoms with Crippen LogP contribution in [0.2, 0.25) is 0 Å². The normalized spacial score (nSPS) is 11.5. The van der Waals surface area contributed by atoms with E-state index in [0.29, 0.717) is 0 Å². The zero-order valence-electron chi connectivity index (χ0n) is 33.5. The molecule has 5 heteroatoms. The lowest BCUT2D eigenvalue weighted by Gasteiger charge is -2.26. The molecule has 2 nitrogen and oxygen atoms in total. The first-order valence-corrected chi connectivity index (χ1v) is 20.6. The highest BCUT2D eigenvalue weighted by Crippen LogP contribution is 2.45. The van der Waals surface area contributed by atoms with Gasteiger partial charge in [-0.2, -0.15) is 13.2 Å². The minimum Gasteiger partial charge on any atom is -0.311 e. The second-order valence-electron chi connectivity index (χ2n) is 15.2. The van der Waals surface area contributed by atoms with E-state index in [-0.39, 0.29) is 0 Å². The summed E-state index contributed by atoms with van der Waals surface area (Å²) in [6.07, 6.45) is -4.40. The van der Waals surface area contributed by atoms with Crippen molar-refractivity contribution in [2.24, 2.45) is 0 Å². The monoisotopic (exact) mass is 808 g/mol. The van der Waals surface area contributed by atoms with Crippen LogP contribution < -0.4 is 9.80 Å². The number of nitrogens with zero attached hydrogens (tertiary/aromatic N) is 2. The molecule has 0 radical (unpaired) electrons. The van der Waals surface area contributed by atoms with Crippen molar-refractivity contribution in [2.75, 3.05) is 9.80 Å². The predicted molar refractivity (Wildman–Crippen MR) is 252 cm³/mol. The van der Waals surface area contributed by atoms with Crippen molar-refractivity contribution < 1.29 is 13.2 Å². The van der Waals surface area contributed by atoms with Crippen LogP contribution in [-0.2, 0) is 6.18 Å². The van der Waals surface area contributed by atoms with Crippen molar-refractivity contribution in [3.05, 3.63) is 242 Å². The molecule has 10 aromatic rings. The second-order valence-corrected chi connectivity index (χ2v) is 15.2. The summed E-state index contributed by atoms with van der Waals surface area (Å²) >= 11 is 0. The molecule has 0 amide bonds. The van der Waals surface area contributed by atoms with Gasteiger partial charge in [-0.25, -0.2) is 0 Å². The first kappa shape index (κ1) is 38.3. The highest BCUT2D eigenvalue weighted by molar-refractivity contribution is 6.21. The molecule has 0 aliphatic rings. The number of hydrogen-bond acceptors (Lipinski definition) is 2. The van der Waals surface area contributed by atoms with Gasteiger partial charge < -0.3 is 9.80 Å². The summed E-state index contributed by atoms with van der Waals surface area (Å²) in [5.41, 5.74) is 11.7. The summed E-state index contributed by atoms with van der Waals surface area (Å²) in [4.78, 5) is 4.53. The minimum atomic E-state index is -4.40. The van der Waals surface area contributed by atoms with Gasteiger partial charge in [-0.15, -0.1) is 0 Å². The third-order valence-electron chi connectivity index (χ3n) is 11.5. The lowest BCUT2D eigenvalue weighted by atomic mass is 9.86. The van der Waals surface area contributed by atoms with Gasteiger partial charge in [0.25, 0.3) is 0 Å². The zero-order chi connectivity index (χ0) is 42.0. The van der Waals surface area contributed by atoms with E-state index in [1.807, 2.05) is 42.5 Å². The summed E-state index contributed by atoms with van der Waals surface area (Å²) in [5.74, 6) is 0. The lowest BCUT2D eigenvalue weighted by Crippen LogP contribution is -2.09. The van der Waals surface area contributed by atoms with E-state index in [1.165, 1.54) is 12.1 Å². The minimum absolute atomic E-state index is 0.660. The topological polar surface area (TPSA) is 6.48 Å². The van der Waals surface area contributed by atoms with Crippen LogP contribution in [0.25, 0.3) is 54.9 Å². The summed E-state index contributed by atoms with van der Waals surface area (Å²) in [7, 11) is 0. The van der Waals surface area contributed by atoms with Gasteiger partial charge in [0.2, 0.25) is 0 Å². The Morgan fingerprint density at radius 1 is 0.242 bits per heavy atom. The zero-order valence-corrected chi connectivity index (χ0v) is 33.5. The molecule has 0 saturated heterocycles. The van der Waals surface area contributed by atoms with Crippen molar-refractivity contribution in [2.45, 2.75) is 6.18 Å². The molecule has 0 fully saturated rings. The maximum absolute atomic E-state index is 13.5. The van der Waals surface area contributed by atoms with Crippen molar-refractivity contribution in [3.8, 4) is 33.4 Å². The molecule has 0 unspecified atom stereocenters. The number of alkyl halides is 3. The molecule has 0 aromatic heterocycles. The van der Waals surface area contributed by atoms with Crippen molar-refractivity contribution in [3.63, 3.8) is 0 Å². The van der Waals surface area contributed by atoms with Gasteiger partial charge in [0.05, 0.1) is 5.56 Å². The van der Waals surface area contributed by atoms with E-state index in [9.17, 15) is 13.2 Å². The summed E-state index contributed by atoms with van der Waals surface area (Å²) < 4.78 is 40.6. The maximum Gasteiger partial charge on any atom is 0.416 e. The fraction of sp³-hybridized carbons (Fsp3) is 0.0175. The Labute approximate surface area is 359 Å². The number of rotatable bonds is 9. The van der Waals surface area contributed by atoms with Gasteiger partial charge in [-0.1, -0.05) is 152 Å². The average Bonchev–Trinajstić information content (AvgIpc) is 3.32. The molecule has 0 bridgehead atoms. The quantitative estimate of drug-likeness (QED) is 0.134.